The molecule has 2 aromatic carbocycles. The smallest absolute Gasteiger partial charge is 0.411 e. The summed E-state index contributed by atoms with van der Waals surface area (Å²) < 4.78 is 5.71. The molecule has 4 rings (SSSR count). The van der Waals surface area contributed by atoms with Crippen molar-refractivity contribution in [1.82, 2.24) is 4.90 Å². The van der Waals surface area contributed by atoms with Crippen LogP contribution < -0.4 is 5.32 Å². The zero-order valence-electron chi connectivity index (χ0n) is 19.5. The van der Waals surface area contributed by atoms with Gasteiger partial charge in [0.25, 0.3) is 0 Å². The van der Waals surface area contributed by atoms with E-state index >= 15 is 0 Å². The number of halogens is 2. The van der Waals surface area contributed by atoms with E-state index in [1.165, 1.54) is 0 Å². The molecule has 176 valence electrons. The average molecular weight is 489 g/mol. The predicted molar refractivity (Wildman–Crippen MR) is 132 cm³/mol. The Kier molecular flexibility index (Phi) is 6.66. The molecule has 2 amide bonds. The summed E-state index contributed by atoms with van der Waals surface area (Å²) in [4.78, 5) is 27.5. The van der Waals surface area contributed by atoms with Crippen LogP contribution in [0.4, 0.5) is 10.5 Å². The second-order valence-electron chi connectivity index (χ2n) is 10.0. The van der Waals surface area contributed by atoms with E-state index in [1.54, 1.807) is 11.0 Å². The molecule has 3 unspecified atom stereocenters. The maximum atomic E-state index is 13.2. The fourth-order valence-electron chi connectivity index (χ4n) is 4.89. The van der Waals surface area contributed by atoms with Crippen LogP contribution >= 0.6 is 23.2 Å². The van der Waals surface area contributed by atoms with Crippen molar-refractivity contribution in [3.8, 4) is 0 Å². The van der Waals surface area contributed by atoms with Crippen molar-refractivity contribution in [3.05, 3.63) is 63.1 Å². The molecule has 1 fully saturated rings. The van der Waals surface area contributed by atoms with Gasteiger partial charge in [0, 0.05) is 28.2 Å². The summed E-state index contributed by atoms with van der Waals surface area (Å²) in [5, 5.41) is 4.26. The number of benzene rings is 2. The minimum absolute atomic E-state index is 0.0259. The number of nitrogens with one attached hydrogen (secondary N) is 1. The Morgan fingerprint density at radius 2 is 1.91 bits per heavy atom. The van der Waals surface area contributed by atoms with E-state index in [4.69, 9.17) is 27.9 Å². The molecule has 0 saturated heterocycles. The van der Waals surface area contributed by atoms with E-state index in [9.17, 15) is 9.59 Å². The maximum Gasteiger partial charge on any atom is 0.411 e. The lowest BCUT2D eigenvalue weighted by Crippen LogP contribution is -2.38. The van der Waals surface area contributed by atoms with Crippen LogP contribution in [0.3, 0.4) is 0 Å². The van der Waals surface area contributed by atoms with Crippen LogP contribution in [0.15, 0.2) is 36.4 Å². The average Bonchev–Trinajstić information content (AvgIpc) is 3.21. The molecule has 1 N–H and O–H groups in total. The summed E-state index contributed by atoms with van der Waals surface area (Å²) in [5.74, 6) is 0.316. The molecule has 1 aliphatic carbocycles. The van der Waals surface area contributed by atoms with Gasteiger partial charge in [0.15, 0.2) is 0 Å². The van der Waals surface area contributed by atoms with Gasteiger partial charge in [-0.3, -0.25) is 9.69 Å². The number of carbonyl (C=O) groups is 2. The first kappa shape index (κ1) is 23.9. The van der Waals surface area contributed by atoms with E-state index in [0.717, 1.165) is 41.6 Å². The number of amides is 2. The molecule has 33 heavy (non-hydrogen) atoms. The van der Waals surface area contributed by atoms with Crippen molar-refractivity contribution >= 4 is 40.9 Å². The topological polar surface area (TPSA) is 58.6 Å². The van der Waals surface area contributed by atoms with Crippen molar-refractivity contribution in [2.45, 2.75) is 71.1 Å². The number of ether oxygens (including phenoxy) is 1. The van der Waals surface area contributed by atoms with Crippen molar-refractivity contribution in [2.75, 3.05) is 5.32 Å². The van der Waals surface area contributed by atoms with Gasteiger partial charge in [-0.15, -0.1) is 0 Å². The van der Waals surface area contributed by atoms with Crippen molar-refractivity contribution in [3.63, 3.8) is 0 Å². The van der Waals surface area contributed by atoms with Crippen LogP contribution in [0.5, 0.6) is 0 Å². The van der Waals surface area contributed by atoms with Gasteiger partial charge < -0.3 is 10.1 Å². The third-order valence-corrected chi connectivity index (χ3v) is 7.03. The van der Waals surface area contributed by atoms with E-state index in [1.807, 2.05) is 58.0 Å². The Morgan fingerprint density at radius 1 is 1.18 bits per heavy atom. The molecule has 0 radical (unpaired) electrons. The summed E-state index contributed by atoms with van der Waals surface area (Å²) in [6.45, 7) is 7.75. The standard InChI is InChI=1S/C26H30Cl2N2O3/c1-15(30(25(32)33-26(2,3)4)14-16-7-5-8-17(27)11-16)20-13-23-21(12-22(20)28)18-9-6-10-19(18)24(31)29-23/h5,7-8,11-13,15,18-19H,6,9-10,14H2,1-4H3,(H,29,31). The number of hydrogen-bond donors (Lipinski definition) is 1. The molecular formula is C26H30Cl2N2O3. The lowest BCUT2D eigenvalue weighted by atomic mass is 9.83. The molecule has 5 nitrogen and oxygen atoms in total. The van der Waals surface area contributed by atoms with Gasteiger partial charge in [0.2, 0.25) is 5.91 Å². The summed E-state index contributed by atoms with van der Waals surface area (Å²) in [7, 11) is 0. The molecule has 2 aliphatic rings. The molecule has 0 spiro atoms. The second-order valence-corrected chi connectivity index (χ2v) is 10.9. The van der Waals surface area contributed by atoms with Crippen LogP contribution in [-0.4, -0.2) is 22.5 Å². The van der Waals surface area contributed by atoms with Crippen LogP contribution in [-0.2, 0) is 16.1 Å². The quantitative estimate of drug-likeness (QED) is 0.489. The summed E-state index contributed by atoms with van der Waals surface area (Å²) >= 11 is 13.0. The van der Waals surface area contributed by atoms with E-state index < -0.39 is 17.7 Å². The molecule has 1 heterocycles. The third-order valence-electron chi connectivity index (χ3n) is 6.47. The highest BCUT2D eigenvalue weighted by Crippen LogP contribution is 2.48. The lowest BCUT2D eigenvalue weighted by molar-refractivity contribution is -0.120. The number of hydrogen-bond acceptors (Lipinski definition) is 3. The fourth-order valence-corrected chi connectivity index (χ4v) is 5.44. The first-order chi connectivity index (χ1) is 15.5. The lowest BCUT2D eigenvalue weighted by Gasteiger charge is -2.34. The first-order valence-corrected chi connectivity index (χ1v) is 12.2. The fraction of sp³-hybridized carbons (Fsp3) is 0.462. The number of fused-ring (bicyclic) bond motifs is 3. The maximum absolute atomic E-state index is 13.2. The molecule has 0 aromatic heterocycles. The van der Waals surface area contributed by atoms with Gasteiger partial charge >= 0.3 is 6.09 Å². The van der Waals surface area contributed by atoms with Gasteiger partial charge in [-0.1, -0.05) is 41.8 Å². The van der Waals surface area contributed by atoms with E-state index in [-0.39, 0.29) is 17.7 Å². The highest BCUT2D eigenvalue weighted by atomic mass is 35.5. The summed E-state index contributed by atoms with van der Waals surface area (Å²) in [5.41, 5.74) is 2.89. The Labute approximate surface area is 205 Å². The molecule has 1 aliphatic heterocycles. The van der Waals surface area contributed by atoms with Crippen molar-refractivity contribution in [2.24, 2.45) is 5.92 Å². The Hall–Kier alpha value is -2.24. The number of rotatable bonds is 4. The van der Waals surface area contributed by atoms with Gasteiger partial charge in [0.05, 0.1) is 6.04 Å². The summed E-state index contributed by atoms with van der Waals surface area (Å²) in [6.07, 6.45) is 2.51. The Balaban J connectivity index is 1.69. The van der Waals surface area contributed by atoms with Crippen molar-refractivity contribution in [1.29, 1.82) is 0 Å². The highest BCUT2D eigenvalue weighted by molar-refractivity contribution is 6.31. The zero-order chi connectivity index (χ0) is 23.9. The van der Waals surface area contributed by atoms with Gasteiger partial charge in [-0.2, -0.15) is 0 Å². The van der Waals surface area contributed by atoms with Crippen LogP contribution in [0.25, 0.3) is 0 Å². The Bertz CT molecular complexity index is 1080. The van der Waals surface area contributed by atoms with Crippen LogP contribution in [0.2, 0.25) is 10.0 Å². The molecule has 7 heteroatoms. The highest BCUT2D eigenvalue weighted by Gasteiger charge is 2.40. The predicted octanol–water partition coefficient (Wildman–Crippen LogP) is 7.33. The van der Waals surface area contributed by atoms with Crippen LogP contribution in [0.1, 0.15) is 75.6 Å². The number of anilines is 1. The SMILES string of the molecule is CC(c1cc2c(cc1Cl)C1CCCC1C(=O)N2)N(Cc1cccc(Cl)c1)C(=O)OC(C)(C)C. The van der Waals surface area contributed by atoms with Gasteiger partial charge in [-0.05, 0) is 87.4 Å². The number of nitrogens with zero attached hydrogens (tertiary/aromatic N) is 1. The Morgan fingerprint density at radius 3 is 2.61 bits per heavy atom. The van der Waals surface area contributed by atoms with E-state index in [0.29, 0.717) is 16.6 Å². The summed E-state index contributed by atoms with van der Waals surface area (Å²) in [6, 6.07) is 10.9. The van der Waals surface area contributed by atoms with Crippen LogP contribution in [0, 0.1) is 5.92 Å². The second kappa shape index (κ2) is 9.19. The molecular weight excluding hydrogens is 459 g/mol. The largest absolute Gasteiger partial charge is 0.444 e. The number of carbonyl (C=O) groups excluding carboxylic acids is 2. The molecule has 1 saturated carbocycles. The molecule has 0 bridgehead atoms. The third kappa shape index (κ3) is 5.15. The normalized spacial score (nSPS) is 20.5. The minimum atomic E-state index is -0.644. The minimum Gasteiger partial charge on any atom is -0.444 e. The monoisotopic (exact) mass is 488 g/mol. The van der Waals surface area contributed by atoms with E-state index in [2.05, 4.69) is 5.32 Å². The molecule has 2 aromatic rings. The van der Waals surface area contributed by atoms with Crippen molar-refractivity contribution < 1.29 is 14.3 Å². The first-order valence-electron chi connectivity index (χ1n) is 11.4. The van der Waals surface area contributed by atoms with Gasteiger partial charge in [-0.25, -0.2) is 4.79 Å². The molecule has 3 atom stereocenters. The zero-order valence-corrected chi connectivity index (χ0v) is 21.0. The van der Waals surface area contributed by atoms with Gasteiger partial charge in [0.1, 0.15) is 5.60 Å².